The fourth-order valence-corrected chi connectivity index (χ4v) is 9.63. The first kappa shape index (κ1) is 36.9. The number of hydrogen-bond acceptors (Lipinski definition) is 3. The quantitative estimate of drug-likeness (QED) is 0.169. The monoisotopic (exact) mass is 786 g/mol. The molecule has 294 valence electrons. The summed E-state index contributed by atoms with van der Waals surface area (Å²) in [5, 5.41) is 5.15. The van der Waals surface area contributed by atoms with Crippen molar-refractivity contribution in [1.29, 1.82) is 0 Å². The Bertz CT molecular complexity index is 3270. The van der Waals surface area contributed by atoms with Crippen LogP contribution in [-0.4, -0.2) is 19.5 Å². The van der Waals surface area contributed by atoms with Crippen molar-refractivity contribution in [3.8, 4) is 62.1 Å². The smallest absolute Gasteiger partial charge is 0.164 e. The molecule has 0 radical (unpaired) electrons. The number of fused-ring (bicyclic) bond motifs is 6. The van der Waals surface area contributed by atoms with Crippen LogP contribution in [0.1, 0.15) is 51.7 Å². The average molecular weight is 787 g/mol. The van der Waals surface area contributed by atoms with Crippen LogP contribution in [0, 0.1) is 0 Å². The van der Waals surface area contributed by atoms with E-state index in [9.17, 15) is 0 Å². The van der Waals surface area contributed by atoms with Gasteiger partial charge in [-0.15, -0.1) is 0 Å². The van der Waals surface area contributed by atoms with Crippen molar-refractivity contribution in [3.05, 3.63) is 193 Å². The van der Waals surface area contributed by atoms with Crippen LogP contribution in [0.3, 0.4) is 0 Å². The maximum atomic E-state index is 5.26. The molecule has 10 aromatic rings. The van der Waals surface area contributed by atoms with E-state index in [0.29, 0.717) is 17.5 Å². The predicted octanol–water partition coefficient (Wildman–Crippen LogP) is 14.8. The van der Waals surface area contributed by atoms with E-state index in [1.807, 2.05) is 18.2 Å². The molecule has 0 atom stereocenters. The molecule has 0 aliphatic heterocycles. The van der Waals surface area contributed by atoms with E-state index in [2.05, 4.69) is 196 Å². The van der Waals surface area contributed by atoms with E-state index in [4.69, 9.17) is 15.0 Å². The Labute approximate surface area is 357 Å². The lowest BCUT2D eigenvalue weighted by Gasteiger charge is -2.42. The number of nitrogens with zero attached hydrogens (tertiary/aromatic N) is 4. The Hall–Kier alpha value is -7.17. The van der Waals surface area contributed by atoms with Gasteiger partial charge in [-0.2, -0.15) is 0 Å². The van der Waals surface area contributed by atoms with Gasteiger partial charge in [0.05, 0.1) is 11.0 Å². The Kier molecular flexibility index (Phi) is 8.61. The molecule has 8 aromatic carbocycles. The van der Waals surface area contributed by atoms with Gasteiger partial charge in [-0.1, -0.05) is 155 Å². The third-order valence-electron chi connectivity index (χ3n) is 13.1. The van der Waals surface area contributed by atoms with Crippen LogP contribution in [0.15, 0.2) is 182 Å². The van der Waals surface area contributed by atoms with E-state index in [1.165, 1.54) is 56.5 Å². The first-order chi connectivity index (χ1) is 29.7. The van der Waals surface area contributed by atoms with Crippen LogP contribution < -0.4 is 0 Å². The summed E-state index contributed by atoms with van der Waals surface area (Å²) < 4.78 is 2.47. The Morgan fingerprint density at radius 2 is 0.934 bits per heavy atom. The molecule has 0 amide bonds. The van der Waals surface area contributed by atoms with Crippen molar-refractivity contribution in [2.45, 2.75) is 51.4 Å². The van der Waals surface area contributed by atoms with Crippen LogP contribution in [0.4, 0.5) is 0 Å². The highest BCUT2D eigenvalue weighted by Crippen LogP contribution is 2.49. The van der Waals surface area contributed by atoms with Gasteiger partial charge in [0.15, 0.2) is 17.5 Å². The summed E-state index contributed by atoms with van der Waals surface area (Å²) in [7, 11) is 0. The molecule has 1 aliphatic carbocycles. The lowest BCUT2D eigenvalue weighted by Crippen LogP contribution is -2.33. The van der Waals surface area contributed by atoms with E-state index in [-0.39, 0.29) is 10.8 Å². The molecular weight excluding hydrogens is 741 g/mol. The lowest BCUT2D eigenvalue weighted by atomic mass is 9.63. The fourth-order valence-electron chi connectivity index (χ4n) is 9.63. The van der Waals surface area contributed by atoms with Gasteiger partial charge in [0.1, 0.15) is 0 Å². The van der Waals surface area contributed by atoms with Crippen molar-refractivity contribution in [2.24, 2.45) is 0 Å². The summed E-state index contributed by atoms with van der Waals surface area (Å²) in [5.74, 6) is 1.91. The zero-order chi connectivity index (χ0) is 41.3. The Morgan fingerprint density at radius 1 is 0.393 bits per heavy atom. The summed E-state index contributed by atoms with van der Waals surface area (Å²) >= 11 is 0. The second-order valence-electron chi connectivity index (χ2n) is 17.9. The van der Waals surface area contributed by atoms with Crippen LogP contribution in [0.2, 0.25) is 0 Å². The van der Waals surface area contributed by atoms with Gasteiger partial charge in [0.25, 0.3) is 0 Å². The molecule has 1 aliphatic rings. The van der Waals surface area contributed by atoms with E-state index in [0.717, 1.165) is 44.6 Å². The summed E-state index contributed by atoms with van der Waals surface area (Å²) in [6.45, 7) is 9.66. The van der Waals surface area contributed by atoms with Crippen molar-refractivity contribution < 1.29 is 0 Å². The largest absolute Gasteiger partial charge is 0.309 e. The first-order valence-electron chi connectivity index (χ1n) is 21.4. The molecule has 61 heavy (non-hydrogen) atoms. The lowest BCUT2D eigenvalue weighted by molar-refractivity contribution is 0.332. The standard InChI is InChI=1S/C57H46N4/c1-56(2)32-33-57(3,4)49-36-51-47(35-48(49)56)52-44-23-15-14-20-39(44)27-31-50(52)61(51)43-28-24-41(25-29-43)54-58-53(40-21-12-7-13-22-40)59-55(60-54)45-30-26-42(37-16-8-5-9-17-37)34-46(45)38-18-10-6-11-19-38/h5-31,34-36H,32-33H2,1-4H3. The first-order valence-corrected chi connectivity index (χ1v) is 21.4. The normalized spacial score (nSPS) is 14.4. The van der Waals surface area contributed by atoms with E-state index in [1.54, 1.807) is 0 Å². The third-order valence-corrected chi connectivity index (χ3v) is 13.1. The second kappa shape index (κ2) is 14.2. The van der Waals surface area contributed by atoms with Gasteiger partial charge >= 0.3 is 0 Å². The van der Waals surface area contributed by atoms with E-state index < -0.39 is 0 Å². The van der Waals surface area contributed by atoms with Crippen molar-refractivity contribution in [2.75, 3.05) is 0 Å². The summed E-state index contributed by atoms with van der Waals surface area (Å²) in [5.41, 5.74) is 14.0. The molecule has 2 heterocycles. The summed E-state index contributed by atoms with van der Waals surface area (Å²) in [4.78, 5) is 15.6. The number of rotatable bonds is 6. The molecular formula is C57H46N4. The fraction of sp³-hybridized carbons (Fsp3) is 0.140. The van der Waals surface area contributed by atoms with Crippen molar-refractivity contribution in [3.63, 3.8) is 0 Å². The number of aromatic nitrogens is 4. The molecule has 0 unspecified atom stereocenters. The second-order valence-corrected chi connectivity index (χ2v) is 17.9. The number of hydrogen-bond donors (Lipinski definition) is 0. The predicted molar refractivity (Wildman–Crippen MR) is 254 cm³/mol. The zero-order valence-electron chi connectivity index (χ0n) is 35.0. The maximum Gasteiger partial charge on any atom is 0.164 e. The van der Waals surface area contributed by atoms with Crippen LogP contribution in [-0.2, 0) is 10.8 Å². The molecule has 4 nitrogen and oxygen atoms in total. The Balaban J connectivity index is 1.09. The molecule has 0 saturated carbocycles. The minimum atomic E-state index is 0.0847. The highest BCUT2D eigenvalue weighted by atomic mass is 15.0. The van der Waals surface area contributed by atoms with Crippen LogP contribution >= 0.6 is 0 Å². The third kappa shape index (κ3) is 6.33. The van der Waals surface area contributed by atoms with E-state index >= 15 is 0 Å². The highest BCUT2D eigenvalue weighted by Gasteiger charge is 2.38. The van der Waals surface area contributed by atoms with Crippen LogP contribution in [0.5, 0.6) is 0 Å². The highest BCUT2D eigenvalue weighted by molar-refractivity contribution is 6.21. The van der Waals surface area contributed by atoms with Gasteiger partial charge in [-0.3, -0.25) is 0 Å². The SMILES string of the molecule is CC1(C)CCC(C)(C)c2cc3c(cc21)c1c2ccccc2ccc1n3-c1ccc(-c2nc(-c3ccccc3)nc(-c3ccc(-c4ccccc4)cc3-c3ccccc3)n2)cc1. The van der Waals surface area contributed by atoms with Gasteiger partial charge in [-0.05, 0) is 122 Å². The molecule has 0 fully saturated rings. The van der Waals surface area contributed by atoms with Crippen molar-refractivity contribution in [1.82, 2.24) is 19.5 Å². The minimum Gasteiger partial charge on any atom is -0.309 e. The molecule has 0 spiro atoms. The molecule has 2 aromatic heterocycles. The van der Waals surface area contributed by atoms with Gasteiger partial charge in [0, 0.05) is 33.2 Å². The summed E-state index contributed by atoms with van der Waals surface area (Å²) in [6, 6.07) is 65.1. The average Bonchev–Trinajstić information content (AvgIpc) is 3.65. The minimum absolute atomic E-state index is 0.0847. The van der Waals surface area contributed by atoms with Gasteiger partial charge in [-0.25, -0.2) is 15.0 Å². The zero-order valence-corrected chi connectivity index (χ0v) is 35.0. The van der Waals surface area contributed by atoms with Gasteiger partial charge < -0.3 is 4.57 Å². The summed E-state index contributed by atoms with van der Waals surface area (Å²) in [6.07, 6.45) is 2.34. The Morgan fingerprint density at radius 3 is 1.61 bits per heavy atom. The number of benzene rings is 8. The molecule has 0 saturated heterocycles. The molecule has 0 bridgehead atoms. The molecule has 11 rings (SSSR count). The molecule has 4 heteroatoms. The van der Waals surface area contributed by atoms with Crippen molar-refractivity contribution >= 4 is 32.6 Å². The van der Waals surface area contributed by atoms with Gasteiger partial charge in [0.2, 0.25) is 0 Å². The topological polar surface area (TPSA) is 43.6 Å². The molecule has 0 N–H and O–H groups in total. The van der Waals surface area contributed by atoms with Crippen LogP contribution in [0.25, 0.3) is 94.7 Å². The maximum absolute atomic E-state index is 5.26.